The molecule has 1 aromatic heterocycles. The van der Waals surface area contributed by atoms with Crippen molar-refractivity contribution in [3.8, 4) is 5.75 Å². The lowest BCUT2D eigenvalue weighted by Crippen LogP contribution is -2.20. The molecule has 0 aliphatic carbocycles. The summed E-state index contributed by atoms with van der Waals surface area (Å²) in [7, 11) is 0. The van der Waals surface area contributed by atoms with Gasteiger partial charge in [0.05, 0.1) is 12.4 Å². The number of hydrogen-bond acceptors (Lipinski definition) is 5. The summed E-state index contributed by atoms with van der Waals surface area (Å²) in [4.78, 5) is 30.2. The zero-order valence-corrected chi connectivity index (χ0v) is 11.5. The quantitative estimate of drug-likeness (QED) is 0.864. The Morgan fingerprint density at radius 1 is 1.29 bits per heavy atom. The normalized spacial score (nSPS) is 9.95. The largest absolute Gasteiger partial charge is 0.484 e. The van der Waals surface area contributed by atoms with Crippen LogP contribution in [0.15, 0.2) is 36.7 Å². The van der Waals surface area contributed by atoms with E-state index in [1.165, 1.54) is 12.4 Å². The van der Waals surface area contributed by atoms with Gasteiger partial charge >= 0.3 is 0 Å². The van der Waals surface area contributed by atoms with Crippen LogP contribution in [0.1, 0.15) is 10.5 Å². The Balaban J connectivity index is 2.05. The number of primary amides is 1. The van der Waals surface area contributed by atoms with E-state index < -0.39 is 11.8 Å². The third-order valence-electron chi connectivity index (χ3n) is 2.33. The minimum absolute atomic E-state index is 0.128. The maximum atomic E-state index is 11.9. The van der Waals surface area contributed by atoms with Crippen LogP contribution in [0.4, 0.5) is 5.69 Å². The summed E-state index contributed by atoms with van der Waals surface area (Å²) in [6.45, 7) is -0.236. The molecule has 2 aromatic rings. The van der Waals surface area contributed by atoms with Crippen molar-refractivity contribution in [1.29, 1.82) is 0 Å². The molecule has 0 fully saturated rings. The van der Waals surface area contributed by atoms with E-state index in [2.05, 4.69) is 15.3 Å². The minimum atomic E-state index is -0.583. The van der Waals surface area contributed by atoms with Gasteiger partial charge in [-0.15, -0.1) is 0 Å². The highest BCUT2D eigenvalue weighted by Crippen LogP contribution is 2.17. The van der Waals surface area contributed by atoms with Crippen LogP contribution in [0.2, 0.25) is 5.15 Å². The molecule has 7 nitrogen and oxygen atoms in total. The zero-order chi connectivity index (χ0) is 15.2. The average molecular weight is 307 g/mol. The van der Waals surface area contributed by atoms with Crippen LogP contribution in [0.5, 0.6) is 5.75 Å². The first-order valence-electron chi connectivity index (χ1n) is 5.84. The van der Waals surface area contributed by atoms with E-state index in [0.717, 1.165) is 0 Å². The second-order valence-electron chi connectivity index (χ2n) is 3.96. The zero-order valence-electron chi connectivity index (χ0n) is 10.7. The van der Waals surface area contributed by atoms with Crippen LogP contribution >= 0.6 is 11.6 Å². The average Bonchev–Trinajstić information content (AvgIpc) is 2.46. The number of nitrogens with two attached hydrogens (primary N) is 1. The molecule has 1 heterocycles. The molecule has 0 atom stereocenters. The number of amides is 2. The van der Waals surface area contributed by atoms with Crippen molar-refractivity contribution in [1.82, 2.24) is 9.97 Å². The number of hydrogen-bond donors (Lipinski definition) is 2. The Morgan fingerprint density at radius 3 is 2.76 bits per heavy atom. The number of carbonyl (C=O) groups excluding carboxylic acids is 2. The Kier molecular flexibility index (Phi) is 4.68. The molecule has 3 N–H and O–H groups in total. The second-order valence-corrected chi connectivity index (χ2v) is 4.35. The molecule has 1 aromatic carbocycles. The predicted octanol–water partition coefficient (Wildman–Crippen LogP) is 1.25. The van der Waals surface area contributed by atoms with Gasteiger partial charge in [-0.3, -0.25) is 9.59 Å². The van der Waals surface area contributed by atoms with Crippen LogP contribution in [0, 0.1) is 0 Å². The summed E-state index contributed by atoms with van der Waals surface area (Å²) < 4.78 is 5.14. The predicted molar refractivity (Wildman–Crippen MR) is 76.1 cm³/mol. The monoisotopic (exact) mass is 306 g/mol. The smallest absolute Gasteiger partial charge is 0.275 e. The van der Waals surface area contributed by atoms with Crippen molar-refractivity contribution in [2.24, 2.45) is 5.73 Å². The van der Waals surface area contributed by atoms with E-state index in [9.17, 15) is 9.59 Å². The Labute approximate surface area is 125 Å². The van der Waals surface area contributed by atoms with E-state index in [1.54, 1.807) is 24.3 Å². The van der Waals surface area contributed by atoms with Crippen LogP contribution < -0.4 is 15.8 Å². The van der Waals surface area contributed by atoms with Gasteiger partial charge in [0.25, 0.3) is 11.8 Å². The summed E-state index contributed by atoms with van der Waals surface area (Å²) in [5, 5.41) is 2.83. The Morgan fingerprint density at radius 2 is 2.10 bits per heavy atom. The number of halogens is 1. The molecule has 0 spiro atoms. The van der Waals surface area contributed by atoms with Crippen molar-refractivity contribution in [2.75, 3.05) is 11.9 Å². The number of aromatic nitrogens is 2. The highest BCUT2D eigenvalue weighted by molar-refractivity contribution is 6.29. The van der Waals surface area contributed by atoms with Crippen molar-refractivity contribution in [3.05, 3.63) is 47.5 Å². The van der Waals surface area contributed by atoms with E-state index in [1.807, 2.05) is 0 Å². The highest BCUT2D eigenvalue weighted by Gasteiger charge is 2.09. The summed E-state index contributed by atoms with van der Waals surface area (Å²) in [5.74, 6) is -0.610. The molecule has 8 heteroatoms. The van der Waals surface area contributed by atoms with E-state index in [4.69, 9.17) is 22.1 Å². The Hall–Kier alpha value is -2.67. The first-order valence-corrected chi connectivity index (χ1v) is 6.22. The van der Waals surface area contributed by atoms with E-state index >= 15 is 0 Å². The summed E-state index contributed by atoms with van der Waals surface area (Å²) >= 11 is 5.60. The first kappa shape index (κ1) is 14.7. The summed E-state index contributed by atoms with van der Waals surface area (Å²) in [6.07, 6.45) is 2.55. The number of nitrogens with one attached hydrogen (secondary N) is 1. The molecule has 0 bridgehead atoms. The molecule has 2 amide bonds. The lowest BCUT2D eigenvalue weighted by atomic mass is 10.3. The molecular weight excluding hydrogens is 296 g/mol. The topological polar surface area (TPSA) is 107 Å². The van der Waals surface area contributed by atoms with Crippen LogP contribution in [-0.4, -0.2) is 28.4 Å². The number of ether oxygens (including phenoxy) is 1. The summed E-state index contributed by atoms with van der Waals surface area (Å²) in [6, 6.07) is 6.53. The van der Waals surface area contributed by atoms with Crippen molar-refractivity contribution in [2.45, 2.75) is 0 Å². The third-order valence-corrected chi connectivity index (χ3v) is 2.52. The minimum Gasteiger partial charge on any atom is -0.484 e. The molecule has 108 valence electrons. The van der Waals surface area contributed by atoms with Gasteiger partial charge in [-0.25, -0.2) is 9.97 Å². The van der Waals surface area contributed by atoms with Gasteiger partial charge in [0.1, 0.15) is 16.6 Å². The standard InChI is InChI=1S/C13H11ClN4O3/c14-11-6-16-10(5-17-11)13(20)18-8-2-1-3-9(4-8)21-7-12(15)19/h1-6H,7H2,(H2,15,19)(H,18,20). The molecule has 0 unspecified atom stereocenters. The molecule has 0 aliphatic rings. The van der Waals surface area contributed by atoms with Gasteiger partial charge in [-0.2, -0.15) is 0 Å². The number of rotatable bonds is 5. The fraction of sp³-hybridized carbons (Fsp3) is 0.0769. The lowest BCUT2D eigenvalue weighted by molar-refractivity contribution is -0.119. The van der Waals surface area contributed by atoms with Crippen molar-refractivity contribution < 1.29 is 14.3 Å². The van der Waals surface area contributed by atoms with Crippen molar-refractivity contribution >= 4 is 29.1 Å². The van der Waals surface area contributed by atoms with Crippen LogP contribution in [0.25, 0.3) is 0 Å². The second kappa shape index (κ2) is 6.67. The number of carbonyl (C=O) groups is 2. The lowest BCUT2D eigenvalue weighted by Gasteiger charge is -2.07. The number of nitrogens with zero attached hydrogens (tertiary/aromatic N) is 2. The third kappa shape index (κ3) is 4.43. The maximum absolute atomic E-state index is 11.9. The molecule has 21 heavy (non-hydrogen) atoms. The Bertz CT molecular complexity index is 661. The van der Waals surface area contributed by atoms with Gasteiger partial charge in [0.2, 0.25) is 0 Å². The fourth-order valence-electron chi connectivity index (χ4n) is 1.44. The van der Waals surface area contributed by atoms with E-state index in [0.29, 0.717) is 11.4 Å². The highest BCUT2D eigenvalue weighted by atomic mass is 35.5. The maximum Gasteiger partial charge on any atom is 0.275 e. The molecular formula is C13H11ClN4O3. The van der Waals surface area contributed by atoms with Crippen molar-refractivity contribution in [3.63, 3.8) is 0 Å². The van der Waals surface area contributed by atoms with Gasteiger partial charge in [0.15, 0.2) is 6.61 Å². The molecule has 0 saturated carbocycles. The fourth-order valence-corrected chi connectivity index (χ4v) is 1.54. The first-order chi connectivity index (χ1) is 10.0. The van der Waals surface area contributed by atoms with Gasteiger partial charge < -0.3 is 15.8 Å². The number of benzene rings is 1. The summed E-state index contributed by atoms with van der Waals surface area (Å²) in [5.41, 5.74) is 5.60. The molecule has 0 radical (unpaired) electrons. The van der Waals surface area contributed by atoms with Crippen LogP contribution in [0.3, 0.4) is 0 Å². The van der Waals surface area contributed by atoms with Gasteiger partial charge in [-0.05, 0) is 12.1 Å². The van der Waals surface area contributed by atoms with E-state index in [-0.39, 0.29) is 17.5 Å². The molecule has 0 aliphatic heterocycles. The number of anilines is 1. The SMILES string of the molecule is NC(=O)COc1cccc(NC(=O)c2cnc(Cl)cn2)c1. The molecule has 2 rings (SSSR count). The van der Waals surface area contributed by atoms with Crippen LogP contribution in [-0.2, 0) is 4.79 Å². The van der Waals surface area contributed by atoms with Gasteiger partial charge in [-0.1, -0.05) is 17.7 Å². The van der Waals surface area contributed by atoms with Gasteiger partial charge in [0, 0.05) is 11.8 Å². The molecule has 0 saturated heterocycles.